The van der Waals surface area contributed by atoms with Crippen LogP contribution in [0.1, 0.15) is 17.5 Å². The van der Waals surface area contributed by atoms with E-state index in [-0.39, 0.29) is 0 Å². The molecule has 1 unspecified atom stereocenters. The first kappa shape index (κ1) is 12.4. The predicted molar refractivity (Wildman–Crippen MR) is 82.8 cm³/mol. The second kappa shape index (κ2) is 5.57. The van der Waals surface area contributed by atoms with Gasteiger partial charge in [-0.3, -0.25) is 4.99 Å². The molecule has 0 fully saturated rings. The lowest BCUT2D eigenvalue weighted by molar-refractivity contribution is 0.471. The first-order valence-electron chi connectivity index (χ1n) is 6.72. The molecule has 0 bridgehead atoms. The van der Waals surface area contributed by atoms with Gasteiger partial charge in [0.25, 0.3) is 0 Å². The van der Waals surface area contributed by atoms with Crippen LogP contribution < -0.4 is 5.73 Å². The van der Waals surface area contributed by atoms with Crippen LogP contribution in [0.15, 0.2) is 40.0 Å². The Morgan fingerprint density at radius 3 is 3.11 bits per heavy atom. The molecule has 0 spiro atoms. The number of hydrogen-bond acceptors (Lipinski definition) is 2. The molecule has 19 heavy (non-hydrogen) atoms. The van der Waals surface area contributed by atoms with E-state index in [1.54, 1.807) is 11.3 Å². The van der Waals surface area contributed by atoms with Crippen LogP contribution in [0, 0.1) is 5.92 Å². The van der Waals surface area contributed by atoms with Crippen LogP contribution in [0.2, 0.25) is 0 Å². The van der Waals surface area contributed by atoms with Crippen molar-refractivity contribution >= 4 is 17.7 Å². The number of nitrogens with zero attached hydrogens (tertiary/aromatic N) is 1. The summed E-state index contributed by atoms with van der Waals surface area (Å²) in [4.78, 5) is 4.20. The van der Waals surface area contributed by atoms with E-state index in [0.717, 1.165) is 19.4 Å². The molecule has 1 heterocycles. The van der Waals surface area contributed by atoms with Gasteiger partial charge in [-0.1, -0.05) is 18.2 Å². The molecular weight excluding hydrogens is 252 g/mol. The molecule has 3 rings (SSSR count). The smallest absolute Gasteiger partial charge is 0.0797 e. The Kier molecular flexibility index (Phi) is 3.65. The van der Waals surface area contributed by atoms with E-state index in [9.17, 15) is 0 Å². The average Bonchev–Trinajstić information content (AvgIpc) is 2.98. The summed E-state index contributed by atoms with van der Waals surface area (Å²) in [5, 5.41) is 4.39. The molecule has 0 aliphatic heterocycles. The van der Waals surface area contributed by atoms with Crippen LogP contribution >= 0.6 is 11.3 Å². The highest BCUT2D eigenvalue weighted by Crippen LogP contribution is 2.34. The van der Waals surface area contributed by atoms with Gasteiger partial charge in [-0.05, 0) is 64.3 Å². The predicted octanol–water partition coefficient (Wildman–Crippen LogP) is 3.51. The molecular formula is C16H18N2S. The van der Waals surface area contributed by atoms with Crippen molar-refractivity contribution in [2.24, 2.45) is 16.6 Å². The van der Waals surface area contributed by atoms with Crippen LogP contribution in [-0.4, -0.2) is 12.9 Å². The molecule has 1 aromatic heterocycles. The summed E-state index contributed by atoms with van der Waals surface area (Å²) >= 11 is 1.76. The zero-order valence-electron chi connectivity index (χ0n) is 10.9. The van der Waals surface area contributed by atoms with Gasteiger partial charge in [0, 0.05) is 6.54 Å². The van der Waals surface area contributed by atoms with Gasteiger partial charge in [-0.25, -0.2) is 0 Å². The Bertz CT molecular complexity index is 572. The first-order valence-corrected chi connectivity index (χ1v) is 7.66. The molecule has 1 aliphatic rings. The van der Waals surface area contributed by atoms with Gasteiger partial charge >= 0.3 is 0 Å². The van der Waals surface area contributed by atoms with Crippen molar-refractivity contribution in [2.75, 3.05) is 6.54 Å². The molecule has 2 N–H and O–H groups in total. The minimum absolute atomic E-state index is 0.644. The molecule has 0 radical (unpaired) electrons. The van der Waals surface area contributed by atoms with Gasteiger partial charge in [0.1, 0.15) is 0 Å². The van der Waals surface area contributed by atoms with Gasteiger partial charge in [-0.15, -0.1) is 0 Å². The number of aliphatic imine (C=N–C) groups is 1. The molecule has 2 aromatic rings. The Hall–Kier alpha value is -1.61. The van der Waals surface area contributed by atoms with Crippen molar-refractivity contribution in [3.63, 3.8) is 0 Å². The minimum Gasteiger partial charge on any atom is -0.390 e. The summed E-state index contributed by atoms with van der Waals surface area (Å²) in [6.45, 7) is 0.860. The summed E-state index contributed by atoms with van der Waals surface area (Å²) < 4.78 is 0. The van der Waals surface area contributed by atoms with E-state index in [2.05, 4.69) is 40.0 Å². The summed E-state index contributed by atoms with van der Waals surface area (Å²) in [6, 6.07) is 8.91. The molecule has 2 nitrogen and oxygen atoms in total. The van der Waals surface area contributed by atoms with Crippen LogP contribution in [0.4, 0.5) is 0 Å². The Labute approximate surface area is 118 Å². The van der Waals surface area contributed by atoms with Crippen LogP contribution in [0.3, 0.4) is 0 Å². The standard InChI is InChI=1S/C16H18N2S/c17-11-18-9-12-4-5-16-13(8-12)2-1-3-15(16)14-6-7-19-10-14/h1-3,6-7,10-12H,4-5,8-9H2,(H2,17,18). The maximum absolute atomic E-state index is 5.34. The van der Waals surface area contributed by atoms with Gasteiger partial charge in [0.2, 0.25) is 0 Å². The van der Waals surface area contributed by atoms with Crippen molar-refractivity contribution in [2.45, 2.75) is 19.3 Å². The monoisotopic (exact) mass is 270 g/mol. The summed E-state index contributed by atoms with van der Waals surface area (Å²) in [5.41, 5.74) is 11.1. The molecule has 98 valence electrons. The number of fused-ring (bicyclic) bond motifs is 1. The topological polar surface area (TPSA) is 38.4 Å². The highest BCUT2D eigenvalue weighted by molar-refractivity contribution is 7.08. The van der Waals surface area contributed by atoms with Gasteiger partial charge < -0.3 is 5.73 Å². The first-order chi connectivity index (χ1) is 9.38. The lowest BCUT2D eigenvalue weighted by Gasteiger charge is -2.25. The largest absolute Gasteiger partial charge is 0.390 e. The van der Waals surface area contributed by atoms with Crippen LogP contribution in [0.5, 0.6) is 0 Å². The quantitative estimate of drug-likeness (QED) is 0.672. The fourth-order valence-electron chi connectivity index (χ4n) is 2.94. The molecule has 3 heteroatoms. The van der Waals surface area contributed by atoms with E-state index in [1.807, 2.05) is 0 Å². The van der Waals surface area contributed by atoms with Crippen molar-refractivity contribution in [1.82, 2.24) is 0 Å². The van der Waals surface area contributed by atoms with Crippen LogP contribution in [-0.2, 0) is 12.8 Å². The number of hydrogen-bond donors (Lipinski definition) is 1. The van der Waals surface area contributed by atoms with E-state index in [4.69, 9.17) is 5.73 Å². The molecule has 1 aromatic carbocycles. The van der Waals surface area contributed by atoms with Crippen molar-refractivity contribution in [3.8, 4) is 11.1 Å². The summed E-state index contributed by atoms with van der Waals surface area (Å²) in [6.07, 6.45) is 4.93. The molecule has 0 saturated heterocycles. The number of nitrogens with two attached hydrogens (primary N) is 1. The fourth-order valence-corrected chi connectivity index (χ4v) is 3.59. The Balaban J connectivity index is 1.89. The maximum Gasteiger partial charge on any atom is 0.0797 e. The van der Waals surface area contributed by atoms with Gasteiger partial charge in [-0.2, -0.15) is 11.3 Å². The number of benzene rings is 1. The van der Waals surface area contributed by atoms with E-state index >= 15 is 0 Å². The highest BCUT2D eigenvalue weighted by Gasteiger charge is 2.20. The number of thiophene rings is 1. The summed E-state index contributed by atoms with van der Waals surface area (Å²) in [5.74, 6) is 0.644. The lowest BCUT2D eigenvalue weighted by Crippen LogP contribution is -2.17. The third-order valence-corrected chi connectivity index (χ3v) is 4.57. The zero-order chi connectivity index (χ0) is 13.1. The lowest BCUT2D eigenvalue weighted by atomic mass is 9.81. The third-order valence-electron chi connectivity index (χ3n) is 3.89. The van der Waals surface area contributed by atoms with Crippen molar-refractivity contribution in [1.29, 1.82) is 0 Å². The average molecular weight is 270 g/mol. The molecule has 0 saturated carbocycles. The zero-order valence-corrected chi connectivity index (χ0v) is 11.7. The highest BCUT2D eigenvalue weighted by atomic mass is 32.1. The van der Waals surface area contributed by atoms with Crippen LogP contribution in [0.25, 0.3) is 11.1 Å². The normalized spacial score (nSPS) is 18.6. The minimum atomic E-state index is 0.644. The van der Waals surface area contributed by atoms with Crippen molar-refractivity contribution in [3.05, 3.63) is 46.2 Å². The number of rotatable bonds is 3. The summed E-state index contributed by atoms with van der Waals surface area (Å²) in [7, 11) is 0. The van der Waals surface area contributed by atoms with E-state index < -0.39 is 0 Å². The second-order valence-electron chi connectivity index (χ2n) is 5.08. The third kappa shape index (κ3) is 2.56. The van der Waals surface area contributed by atoms with Crippen molar-refractivity contribution < 1.29 is 0 Å². The second-order valence-corrected chi connectivity index (χ2v) is 5.86. The van der Waals surface area contributed by atoms with E-state index in [0.29, 0.717) is 5.92 Å². The van der Waals surface area contributed by atoms with E-state index in [1.165, 1.54) is 35.0 Å². The SMILES string of the molecule is NC=NCC1CCc2c(cccc2-c2ccsc2)C1. The van der Waals surface area contributed by atoms with Gasteiger partial charge in [0.15, 0.2) is 0 Å². The fraction of sp³-hybridized carbons (Fsp3) is 0.312. The molecule has 1 aliphatic carbocycles. The Morgan fingerprint density at radius 2 is 2.32 bits per heavy atom. The Morgan fingerprint density at radius 1 is 1.37 bits per heavy atom. The van der Waals surface area contributed by atoms with Gasteiger partial charge in [0.05, 0.1) is 6.34 Å². The maximum atomic E-state index is 5.34. The molecule has 1 atom stereocenters. The molecule has 0 amide bonds.